The standard InChI is InChI=1S/C28H38N2O4S/c31-35(32)27-11-9-23(33-19-7-17-29-13-3-1-4-14-29)21-25(27)26-22-24(10-12-28(26)35)34-20-8-18-30-15-5-2-6-16-30/h9-12,21-22H,1-8,13-20H2. The van der Waals surface area contributed by atoms with Gasteiger partial charge in [-0.1, -0.05) is 12.8 Å². The molecule has 0 N–H and O–H groups in total. The molecule has 7 heteroatoms. The molecule has 0 amide bonds. The first-order valence-electron chi connectivity index (χ1n) is 13.4. The van der Waals surface area contributed by atoms with Gasteiger partial charge >= 0.3 is 0 Å². The fraction of sp³-hybridized carbons (Fsp3) is 0.571. The summed E-state index contributed by atoms with van der Waals surface area (Å²) >= 11 is 0. The Bertz CT molecular complexity index is 1020. The molecule has 0 atom stereocenters. The lowest BCUT2D eigenvalue weighted by molar-refractivity contribution is 0.205. The number of fused-ring (bicyclic) bond motifs is 3. The molecule has 0 aliphatic carbocycles. The lowest BCUT2D eigenvalue weighted by Gasteiger charge is -2.26. The molecule has 190 valence electrons. The molecule has 3 aliphatic heterocycles. The Morgan fingerprint density at radius 3 is 1.49 bits per heavy atom. The summed E-state index contributed by atoms with van der Waals surface area (Å²) in [7, 11) is -3.50. The minimum Gasteiger partial charge on any atom is -0.494 e. The average molecular weight is 499 g/mol. The Kier molecular flexibility index (Phi) is 7.95. The van der Waals surface area contributed by atoms with Crippen LogP contribution in [0.5, 0.6) is 11.5 Å². The molecule has 35 heavy (non-hydrogen) atoms. The molecule has 6 nitrogen and oxygen atoms in total. The number of piperidine rings is 2. The van der Waals surface area contributed by atoms with Crippen LogP contribution in [0.3, 0.4) is 0 Å². The summed E-state index contributed by atoms with van der Waals surface area (Å²) in [5, 5.41) is 0. The molecule has 0 saturated carbocycles. The van der Waals surface area contributed by atoms with Gasteiger partial charge in [0.25, 0.3) is 0 Å². The van der Waals surface area contributed by atoms with Gasteiger partial charge in [0.15, 0.2) is 0 Å². The minimum absolute atomic E-state index is 0.357. The van der Waals surface area contributed by atoms with Gasteiger partial charge < -0.3 is 19.3 Å². The summed E-state index contributed by atoms with van der Waals surface area (Å²) in [4.78, 5) is 5.73. The summed E-state index contributed by atoms with van der Waals surface area (Å²) < 4.78 is 38.2. The first kappa shape index (κ1) is 24.6. The molecule has 2 aromatic carbocycles. The second-order valence-corrected chi connectivity index (χ2v) is 11.9. The summed E-state index contributed by atoms with van der Waals surface area (Å²) in [6, 6.07) is 10.7. The van der Waals surface area contributed by atoms with Crippen molar-refractivity contribution in [3.63, 3.8) is 0 Å². The van der Waals surface area contributed by atoms with Crippen LogP contribution in [0.2, 0.25) is 0 Å². The number of hydrogen-bond donors (Lipinski definition) is 0. The van der Waals surface area contributed by atoms with Crippen molar-refractivity contribution < 1.29 is 17.9 Å². The van der Waals surface area contributed by atoms with Gasteiger partial charge in [0, 0.05) is 24.2 Å². The number of benzene rings is 2. The largest absolute Gasteiger partial charge is 0.494 e. The van der Waals surface area contributed by atoms with Crippen molar-refractivity contribution in [2.75, 3.05) is 52.5 Å². The van der Waals surface area contributed by atoms with Gasteiger partial charge in [-0.3, -0.25) is 0 Å². The molecular formula is C28H38N2O4S. The number of nitrogens with zero attached hydrogens (tertiary/aromatic N) is 2. The van der Waals surface area contributed by atoms with Crippen molar-refractivity contribution in [3.8, 4) is 22.6 Å². The van der Waals surface area contributed by atoms with Gasteiger partial charge in [-0.05, 0) is 101 Å². The van der Waals surface area contributed by atoms with Gasteiger partial charge in [0.1, 0.15) is 11.5 Å². The fourth-order valence-corrected chi connectivity index (χ4v) is 7.18. The summed E-state index contributed by atoms with van der Waals surface area (Å²) in [5.74, 6) is 1.44. The van der Waals surface area contributed by atoms with E-state index in [0.29, 0.717) is 34.1 Å². The Labute approximate surface area is 210 Å². The summed E-state index contributed by atoms with van der Waals surface area (Å²) in [6.45, 7) is 8.14. The highest BCUT2D eigenvalue weighted by molar-refractivity contribution is 7.92. The highest BCUT2D eigenvalue weighted by Gasteiger charge is 2.33. The molecule has 3 heterocycles. The Morgan fingerprint density at radius 1 is 0.629 bits per heavy atom. The molecule has 3 aliphatic rings. The van der Waals surface area contributed by atoms with E-state index in [1.165, 1.54) is 64.7 Å². The van der Waals surface area contributed by atoms with Gasteiger partial charge in [-0.15, -0.1) is 0 Å². The van der Waals surface area contributed by atoms with Crippen LogP contribution >= 0.6 is 0 Å². The van der Waals surface area contributed by atoms with E-state index in [-0.39, 0.29) is 0 Å². The monoisotopic (exact) mass is 498 g/mol. The van der Waals surface area contributed by atoms with Crippen LogP contribution in [0.4, 0.5) is 0 Å². The van der Waals surface area contributed by atoms with Crippen LogP contribution in [0, 0.1) is 0 Å². The van der Waals surface area contributed by atoms with Gasteiger partial charge in [0.05, 0.1) is 23.0 Å². The molecule has 0 aromatic heterocycles. The van der Waals surface area contributed by atoms with Crippen molar-refractivity contribution in [2.45, 2.75) is 61.2 Å². The smallest absolute Gasteiger partial charge is 0.207 e. The van der Waals surface area contributed by atoms with Crippen LogP contribution in [0.15, 0.2) is 46.2 Å². The van der Waals surface area contributed by atoms with E-state index >= 15 is 0 Å². The van der Waals surface area contributed by atoms with Crippen molar-refractivity contribution >= 4 is 9.84 Å². The zero-order chi connectivity index (χ0) is 24.1. The van der Waals surface area contributed by atoms with E-state index in [1.54, 1.807) is 24.3 Å². The molecule has 0 unspecified atom stereocenters. The molecule has 2 aromatic rings. The number of likely N-dealkylation sites (tertiary alicyclic amines) is 2. The second-order valence-electron chi connectivity index (χ2n) is 10.0. The maximum Gasteiger partial charge on any atom is 0.207 e. The normalized spacial score (nSPS) is 19.8. The number of sulfone groups is 1. The number of ether oxygens (including phenoxy) is 2. The van der Waals surface area contributed by atoms with Crippen LogP contribution in [-0.2, 0) is 9.84 Å². The van der Waals surface area contributed by atoms with Crippen LogP contribution in [0.25, 0.3) is 11.1 Å². The molecule has 0 bridgehead atoms. The first-order valence-corrected chi connectivity index (χ1v) is 14.8. The maximum atomic E-state index is 13.1. The third kappa shape index (κ3) is 5.84. The van der Waals surface area contributed by atoms with E-state index in [9.17, 15) is 8.42 Å². The van der Waals surface area contributed by atoms with Gasteiger partial charge in [-0.25, -0.2) is 8.42 Å². The van der Waals surface area contributed by atoms with Gasteiger partial charge in [-0.2, -0.15) is 0 Å². The maximum absolute atomic E-state index is 13.1. The Hall–Kier alpha value is -2.09. The lowest BCUT2D eigenvalue weighted by atomic mass is 10.1. The highest BCUT2D eigenvalue weighted by Crippen LogP contribution is 2.45. The number of rotatable bonds is 10. The highest BCUT2D eigenvalue weighted by atomic mass is 32.2. The van der Waals surface area contributed by atoms with Crippen molar-refractivity contribution in [2.24, 2.45) is 0 Å². The minimum atomic E-state index is -3.50. The number of hydrogen-bond acceptors (Lipinski definition) is 6. The topological polar surface area (TPSA) is 59.1 Å². The zero-order valence-electron chi connectivity index (χ0n) is 20.7. The molecular weight excluding hydrogens is 460 g/mol. The van der Waals surface area contributed by atoms with Crippen LogP contribution in [-0.4, -0.2) is 70.7 Å². The molecule has 2 saturated heterocycles. The van der Waals surface area contributed by atoms with E-state index in [0.717, 1.165) is 37.4 Å². The van der Waals surface area contributed by atoms with Crippen LogP contribution in [0.1, 0.15) is 51.4 Å². The molecule has 0 spiro atoms. The predicted octanol–water partition coefficient (Wildman–Crippen LogP) is 5.01. The Morgan fingerprint density at radius 2 is 1.06 bits per heavy atom. The van der Waals surface area contributed by atoms with E-state index < -0.39 is 9.84 Å². The first-order chi connectivity index (χ1) is 17.1. The van der Waals surface area contributed by atoms with Crippen molar-refractivity contribution in [1.29, 1.82) is 0 Å². The fourth-order valence-electron chi connectivity index (χ4n) is 5.53. The summed E-state index contributed by atoms with van der Waals surface area (Å²) in [6.07, 6.45) is 9.82. The van der Waals surface area contributed by atoms with E-state index in [2.05, 4.69) is 9.80 Å². The predicted molar refractivity (Wildman–Crippen MR) is 138 cm³/mol. The molecule has 2 fully saturated rings. The van der Waals surface area contributed by atoms with Crippen molar-refractivity contribution in [1.82, 2.24) is 9.80 Å². The SMILES string of the molecule is O=S1(=O)c2ccc(OCCCN3CCCCC3)cc2-c2cc(OCCCN3CCCCC3)ccc21. The molecule has 5 rings (SSSR count). The lowest BCUT2D eigenvalue weighted by Crippen LogP contribution is -2.31. The van der Waals surface area contributed by atoms with Crippen LogP contribution < -0.4 is 9.47 Å². The Balaban J connectivity index is 1.20. The van der Waals surface area contributed by atoms with Crippen molar-refractivity contribution in [3.05, 3.63) is 36.4 Å². The third-order valence-corrected chi connectivity index (χ3v) is 9.31. The average Bonchev–Trinajstić information content (AvgIpc) is 3.11. The second kappa shape index (κ2) is 11.3. The van der Waals surface area contributed by atoms with E-state index in [1.807, 2.05) is 12.1 Å². The quantitative estimate of drug-likeness (QED) is 0.366. The molecule has 0 radical (unpaired) electrons. The zero-order valence-corrected chi connectivity index (χ0v) is 21.5. The van der Waals surface area contributed by atoms with E-state index in [4.69, 9.17) is 9.47 Å². The third-order valence-electron chi connectivity index (χ3n) is 7.44. The van der Waals surface area contributed by atoms with Gasteiger partial charge in [0.2, 0.25) is 9.84 Å². The summed E-state index contributed by atoms with van der Waals surface area (Å²) in [5.41, 5.74) is 1.43.